The minimum absolute atomic E-state index is 0.207. The first kappa shape index (κ1) is 9.52. The maximum Gasteiger partial charge on any atom is 0.311 e. The molecule has 1 aliphatic carbocycles. The second kappa shape index (κ2) is 3.44. The van der Waals surface area contributed by atoms with Crippen molar-refractivity contribution in [1.82, 2.24) is 0 Å². The lowest BCUT2D eigenvalue weighted by Gasteiger charge is -2.37. The second-order valence-electron chi connectivity index (χ2n) is 3.56. The zero-order valence-electron chi connectivity index (χ0n) is 7.25. The van der Waals surface area contributed by atoms with Gasteiger partial charge < -0.3 is 10.8 Å². The molecule has 3 N–H and O–H groups in total. The van der Waals surface area contributed by atoms with E-state index in [1.807, 2.05) is 0 Å². The maximum absolute atomic E-state index is 11.0. The zero-order valence-corrected chi connectivity index (χ0v) is 7.25. The fourth-order valence-corrected chi connectivity index (χ4v) is 1.95. The van der Waals surface area contributed by atoms with Crippen molar-refractivity contribution in [1.29, 1.82) is 0 Å². The van der Waals surface area contributed by atoms with Crippen LogP contribution in [0.5, 0.6) is 0 Å². The Morgan fingerprint density at radius 3 is 2.67 bits per heavy atom. The summed E-state index contributed by atoms with van der Waals surface area (Å²) in [4.78, 5) is 11.0. The quantitative estimate of drug-likeness (QED) is 0.654. The molecule has 1 saturated carbocycles. The van der Waals surface area contributed by atoms with Crippen LogP contribution < -0.4 is 5.73 Å². The summed E-state index contributed by atoms with van der Waals surface area (Å²) in [5, 5.41) is 9.04. The molecule has 0 aromatic heterocycles. The molecule has 0 aliphatic heterocycles. The Morgan fingerprint density at radius 1 is 1.67 bits per heavy atom. The maximum atomic E-state index is 11.0. The molecule has 1 fully saturated rings. The minimum Gasteiger partial charge on any atom is -0.481 e. The Morgan fingerprint density at radius 2 is 2.33 bits per heavy atom. The zero-order chi connectivity index (χ0) is 9.19. The van der Waals surface area contributed by atoms with Crippen molar-refractivity contribution < 1.29 is 9.90 Å². The number of aliphatic carboxylic acids is 1. The molecule has 12 heavy (non-hydrogen) atoms. The van der Waals surface area contributed by atoms with Crippen LogP contribution in [0.15, 0.2) is 0 Å². The van der Waals surface area contributed by atoms with Crippen LogP contribution in [-0.4, -0.2) is 17.1 Å². The fraction of sp³-hybridized carbons (Fsp3) is 0.778. The van der Waals surface area contributed by atoms with Crippen molar-refractivity contribution in [3.8, 4) is 0 Å². The van der Waals surface area contributed by atoms with E-state index < -0.39 is 11.4 Å². The van der Waals surface area contributed by atoms with Crippen molar-refractivity contribution in [2.75, 3.05) is 0 Å². The largest absolute Gasteiger partial charge is 0.481 e. The van der Waals surface area contributed by atoms with Crippen molar-refractivity contribution in [2.24, 2.45) is 11.1 Å². The molecule has 0 amide bonds. The highest BCUT2D eigenvalue weighted by atomic mass is 16.4. The fourth-order valence-electron chi connectivity index (χ4n) is 1.95. The van der Waals surface area contributed by atoms with Gasteiger partial charge in [-0.2, -0.15) is 0 Å². The Kier molecular flexibility index (Phi) is 2.73. The molecule has 1 radical (unpaired) electrons. The van der Waals surface area contributed by atoms with E-state index in [4.69, 9.17) is 10.8 Å². The first-order valence-electron chi connectivity index (χ1n) is 4.42. The lowest BCUT2D eigenvalue weighted by atomic mass is 9.69. The molecular weight excluding hydrogens is 154 g/mol. The second-order valence-corrected chi connectivity index (χ2v) is 3.56. The summed E-state index contributed by atoms with van der Waals surface area (Å²) >= 11 is 0. The smallest absolute Gasteiger partial charge is 0.311 e. The topological polar surface area (TPSA) is 63.3 Å². The minimum atomic E-state index is -0.773. The lowest BCUT2D eigenvalue weighted by Crippen LogP contribution is -2.49. The number of carbonyl (C=O) groups is 1. The molecule has 2 unspecified atom stereocenters. The van der Waals surface area contributed by atoms with Crippen molar-refractivity contribution in [2.45, 2.75) is 38.1 Å². The molecule has 0 aromatic carbocycles. The van der Waals surface area contributed by atoms with Crippen LogP contribution in [-0.2, 0) is 4.79 Å². The van der Waals surface area contributed by atoms with Gasteiger partial charge in [0, 0.05) is 6.04 Å². The first-order chi connectivity index (χ1) is 5.63. The van der Waals surface area contributed by atoms with Crippen LogP contribution in [0, 0.1) is 12.3 Å². The van der Waals surface area contributed by atoms with E-state index in [1.165, 1.54) is 0 Å². The number of hydrogen-bond acceptors (Lipinski definition) is 2. The summed E-state index contributed by atoms with van der Waals surface area (Å²) in [5.41, 5.74) is 5.07. The number of rotatable bonds is 2. The molecule has 1 rings (SSSR count). The summed E-state index contributed by atoms with van der Waals surface area (Å²) < 4.78 is 0. The van der Waals surface area contributed by atoms with E-state index in [-0.39, 0.29) is 6.04 Å². The van der Waals surface area contributed by atoms with Gasteiger partial charge in [-0.1, -0.05) is 19.8 Å². The molecule has 69 valence electrons. The summed E-state index contributed by atoms with van der Waals surface area (Å²) in [7, 11) is 0. The van der Waals surface area contributed by atoms with Gasteiger partial charge >= 0.3 is 5.97 Å². The predicted octanol–water partition coefficient (Wildman–Crippen LogP) is 1.18. The SMILES string of the molecule is [CH2]CC1(C(=O)O)CCCCC1N. The third-order valence-corrected chi connectivity index (χ3v) is 2.97. The van der Waals surface area contributed by atoms with Crippen LogP contribution in [0.3, 0.4) is 0 Å². The van der Waals surface area contributed by atoms with Crippen LogP contribution >= 0.6 is 0 Å². The van der Waals surface area contributed by atoms with Crippen LogP contribution in [0.25, 0.3) is 0 Å². The molecule has 0 aromatic rings. The molecule has 0 spiro atoms. The highest BCUT2D eigenvalue weighted by Crippen LogP contribution is 2.38. The average molecular weight is 170 g/mol. The van der Waals surface area contributed by atoms with E-state index in [9.17, 15) is 4.79 Å². The number of carboxylic acids is 1. The summed E-state index contributed by atoms with van der Waals surface area (Å²) in [6, 6.07) is -0.207. The Hall–Kier alpha value is -0.570. The van der Waals surface area contributed by atoms with Crippen LogP contribution in [0.4, 0.5) is 0 Å². The highest BCUT2D eigenvalue weighted by Gasteiger charge is 2.43. The van der Waals surface area contributed by atoms with Crippen molar-refractivity contribution >= 4 is 5.97 Å². The van der Waals surface area contributed by atoms with Crippen LogP contribution in [0.2, 0.25) is 0 Å². The van der Waals surface area contributed by atoms with Gasteiger partial charge in [0.15, 0.2) is 0 Å². The van der Waals surface area contributed by atoms with Gasteiger partial charge in [-0.3, -0.25) is 4.79 Å². The average Bonchev–Trinajstić information content (AvgIpc) is 2.05. The molecule has 2 atom stereocenters. The van der Waals surface area contributed by atoms with Gasteiger partial charge in [0.25, 0.3) is 0 Å². The molecule has 3 heteroatoms. The van der Waals surface area contributed by atoms with Gasteiger partial charge in [0.05, 0.1) is 5.41 Å². The van der Waals surface area contributed by atoms with Gasteiger partial charge in [-0.15, -0.1) is 0 Å². The standard InChI is InChI=1S/C9H16NO2/c1-2-9(8(11)12)6-4-3-5-7(9)10/h7H,1-6,10H2,(H,11,12). The van der Waals surface area contributed by atoms with Gasteiger partial charge in [0.1, 0.15) is 0 Å². The summed E-state index contributed by atoms with van der Waals surface area (Å²) in [5.74, 6) is -0.773. The van der Waals surface area contributed by atoms with Crippen molar-refractivity contribution in [3.63, 3.8) is 0 Å². The van der Waals surface area contributed by atoms with Crippen LogP contribution in [0.1, 0.15) is 32.1 Å². The number of hydrogen-bond donors (Lipinski definition) is 2. The Labute approximate surface area is 72.9 Å². The third-order valence-electron chi connectivity index (χ3n) is 2.97. The van der Waals surface area contributed by atoms with E-state index in [2.05, 4.69) is 6.92 Å². The van der Waals surface area contributed by atoms with E-state index in [0.717, 1.165) is 19.3 Å². The number of carboxylic acid groups (broad SMARTS) is 1. The van der Waals surface area contributed by atoms with Crippen molar-refractivity contribution in [3.05, 3.63) is 6.92 Å². The van der Waals surface area contributed by atoms with Gasteiger partial charge in [0.2, 0.25) is 0 Å². The summed E-state index contributed by atoms with van der Waals surface area (Å²) in [6.07, 6.45) is 3.93. The monoisotopic (exact) mass is 170 g/mol. The first-order valence-corrected chi connectivity index (χ1v) is 4.42. The third kappa shape index (κ3) is 1.33. The van der Waals surface area contributed by atoms with Gasteiger partial charge in [-0.25, -0.2) is 0 Å². The van der Waals surface area contributed by atoms with Gasteiger partial charge in [-0.05, 0) is 19.3 Å². The normalized spacial score (nSPS) is 36.3. The molecule has 0 bridgehead atoms. The summed E-state index contributed by atoms with van der Waals surface area (Å²) in [6.45, 7) is 3.69. The van der Waals surface area contributed by atoms with E-state index >= 15 is 0 Å². The van der Waals surface area contributed by atoms with E-state index in [1.54, 1.807) is 0 Å². The molecular formula is C9H16NO2. The molecule has 0 saturated heterocycles. The predicted molar refractivity (Wildman–Crippen MR) is 46.5 cm³/mol. The highest BCUT2D eigenvalue weighted by molar-refractivity contribution is 5.75. The number of nitrogens with two attached hydrogens (primary N) is 1. The Balaban J connectivity index is 2.81. The molecule has 0 heterocycles. The Bertz CT molecular complexity index is 181. The van der Waals surface area contributed by atoms with E-state index in [0.29, 0.717) is 12.8 Å². The molecule has 1 aliphatic rings. The lowest BCUT2D eigenvalue weighted by molar-refractivity contribution is -0.152. The molecule has 3 nitrogen and oxygen atoms in total.